The molecular weight excluding hydrogens is 412 g/mol. The fourth-order valence-electron chi connectivity index (χ4n) is 4.16. The Labute approximate surface area is 189 Å². The molecule has 6 nitrogen and oxygen atoms in total. The van der Waals surface area contributed by atoms with Gasteiger partial charge in [-0.2, -0.15) is 0 Å². The van der Waals surface area contributed by atoms with Gasteiger partial charge in [-0.1, -0.05) is 35.9 Å². The summed E-state index contributed by atoms with van der Waals surface area (Å²) in [5.41, 5.74) is 3.72. The van der Waals surface area contributed by atoms with Gasteiger partial charge in [-0.15, -0.1) is 5.06 Å². The van der Waals surface area contributed by atoms with Gasteiger partial charge >= 0.3 is 6.09 Å². The van der Waals surface area contributed by atoms with Crippen LogP contribution in [-0.4, -0.2) is 61.9 Å². The van der Waals surface area contributed by atoms with Crippen molar-refractivity contribution in [3.63, 3.8) is 0 Å². The van der Waals surface area contributed by atoms with Crippen molar-refractivity contribution in [3.05, 3.63) is 64.7 Å². The SMILES string of the molecule is O=C(NCCc1ccc(CN2CCCC2)cc1)ON1CCN(c2ccc(Cl)cc2)CC1. The van der Waals surface area contributed by atoms with Gasteiger partial charge in [-0.3, -0.25) is 4.90 Å². The van der Waals surface area contributed by atoms with Crippen LogP contribution in [-0.2, 0) is 17.8 Å². The Kier molecular flexibility index (Phi) is 7.67. The van der Waals surface area contributed by atoms with Crippen LogP contribution < -0.4 is 10.2 Å². The summed E-state index contributed by atoms with van der Waals surface area (Å²) in [7, 11) is 0. The van der Waals surface area contributed by atoms with E-state index in [-0.39, 0.29) is 6.09 Å². The lowest BCUT2D eigenvalue weighted by Gasteiger charge is -2.34. The van der Waals surface area contributed by atoms with Crippen LogP contribution in [0.1, 0.15) is 24.0 Å². The standard InChI is InChI=1S/C24H31ClN4O2/c25-22-7-9-23(10-8-22)28-15-17-29(18-16-28)31-24(30)26-12-11-20-3-5-21(6-4-20)19-27-13-1-2-14-27/h3-10H,1-2,11-19H2,(H,26,30). The molecule has 0 aliphatic carbocycles. The number of nitrogens with zero attached hydrogens (tertiary/aromatic N) is 3. The number of hydrogen-bond donors (Lipinski definition) is 1. The minimum atomic E-state index is -0.384. The molecule has 0 spiro atoms. The second kappa shape index (κ2) is 10.8. The second-order valence-electron chi connectivity index (χ2n) is 8.25. The maximum absolute atomic E-state index is 12.1. The third-order valence-electron chi connectivity index (χ3n) is 5.95. The van der Waals surface area contributed by atoms with Crippen molar-refractivity contribution in [2.45, 2.75) is 25.8 Å². The van der Waals surface area contributed by atoms with Crippen molar-refractivity contribution in [3.8, 4) is 0 Å². The number of carbonyl (C=O) groups is 1. The minimum absolute atomic E-state index is 0.384. The summed E-state index contributed by atoms with van der Waals surface area (Å²) in [6.07, 6.45) is 3.05. The normalized spacial score (nSPS) is 17.6. The Morgan fingerprint density at radius 1 is 0.871 bits per heavy atom. The van der Waals surface area contributed by atoms with E-state index in [0.717, 1.165) is 36.8 Å². The highest BCUT2D eigenvalue weighted by molar-refractivity contribution is 6.30. The number of anilines is 1. The highest BCUT2D eigenvalue weighted by Gasteiger charge is 2.20. The Balaban J connectivity index is 1.13. The van der Waals surface area contributed by atoms with Crippen molar-refractivity contribution in [1.29, 1.82) is 0 Å². The van der Waals surface area contributed by atoms with Gasteiger partial charge in [0.15, 0.2) is 0 Å². The number of halogens is 1. The maximum atomic E-state index is 12.1. The molecule has 31 heavy (non-hydrogen) atoms. The number of hydroxylamine groups is 2. The molecule has 2 heterocycles. The van der Waals surface area contributed by atoms with Crippen LogP contribution >= 0.6 is 11.6 Å². The van der Waals surface area contributed by atoms with Crippen LogP contribution in [0.5, 0.6) is 0 Å². The molecule has 1 amide bonds. The second-order valence-corrected chi connectivity index (χ2v) is 8.68. The number of likely N-dealkylation sites (tertiary alicyclic amines) is 1. The molecule has 166 valence electrons. The molecular formula is C24H31ClN4O2. The van der Waals surface area contributed by atoms with E-state index in [2.05, 4.69) is 39.4 Å². The van der Waals surface area contributed by atoms with Gasteiger partial charge < -0.3 is 15.1 Å². The molecule has 2 saturated heterocycles. The van der Waals surface area contributed by atoms with Crippen molar-refractivity contribution in [2.24, 2.45) is 0 Å². The van der Waals surface area contributed by atoms with E-state index >= 15 is 0 Å². The Bertz CT molecular complexity index is 830. The molecule has 0 aromatic heterocycles. The maximum Gasteiger partial charge on any atom is 0.426 e. The average molecular weight is 443 g/mol. The summed E-state index contributed by atoms with van der Waals surface area (Å²) in [6, 6.07) is 16.6. The van der Waals surface area contributed by atoms with Crippen LogP contribution in [0, 0.1) is 0 Å². The fraction of sp³-hybridized carbons (Fsp3) is 0.458. The van der Waals surface area contributed by atoms with E-state index in [9.17, 15) is 4.79 Å². The van der Waals surface area contributed by atoms with Crippen LogP contribution in [0.4, 0.5) is 10.5 Å². The molecule has 0 atom stereocenters. The smallest absolute Gasteiger partial charge is 0.369 e. The van der Waals surface area contributed by atoms with Crippen LogP contribution in [0.15, 0.2) is 48.5 Å². The molecule has 2 aromatic rings. The first-order chi connectivity index (χ1) is 15.2. The van der Waals surface area contributed by atoms with Gasteiger partial charge in [-0.05, 0) is 67.7 Å². The summed E-state index contributed by atoms with van der Waals surface area (Å²) in [6.45, 7) is 6.99. The number of carbonyl (C=O) groups excluding carboxylic acids is 1. The zero-order valence-electron chi connectivity index (χ0n) is 17.9. The molecule has 4 rings (SSSR count). The molecule has 0 saturated carbocycles. The van der Waals surface area contributed by atoms with Gasteiger partial charge in [0.25, 0.3) is 0 Å². The molecule has 2 fully saturated rings. The first kappa shape index (κ1) is 21.9. The zero-order chi connectivity index (χ0) is 21.5. The molecule has 0 radical (unpaired) electrons. The van der Waals surface area contributed by atoms with E-state index in [0.29, 0.717) is 19.6 Å². The Morgan fingerprint density at radius 2 is 1.52 bits per heavy atom. The Hall–Kier alpha value is -2.28. The summed E-state index contributed by atoms with van der Waals surface area (Å²) < 4.78 is 0. The molecule has 1 N–H and O–H groups in total. The third-order valence-corrected chi connectivity index (χ3v) is 6.21. The number of hydrogen-bond acceptors (Lipinski definition) is 5. The van der Waals surface area contributed by atoms with Crippen molar-refractivity contribution in [1.82, 2.24) is 15.3 Å². The van der Waals surface area contributed by atoms with Crippen LogP contribution in [0.2, 0.25) is 5.02 Å². The lowest BCUT2D eigenvalue weighted by molar-refractivity contribution is -0.102. The molecule has 2 aliphatic rings. The first-order valence-corrected chi connectivity index (χ1v) is 11.5. The largest absolute Gasteiger partial charge is 0.426 e. The van der Waals surface area contributed by atoms with Gasteiger partial charge in [0.2, 0.25) is 0 Å². The summed E-state index contributed by atoms with van der Waals surface area (Å²) in [4.78, 5) is 22.4. The van der Waals surface area contributed by atoms with Gasteiger partial charge in [-0.25, -0.2) is 4.79 Å². The lowest BCUT2D eigenvalue weighted by Crippen LogP contribution is -2.48. The lowest BCUT2D eigenvalue weighted by atomic mass is 10.1. The number of amides is 1. The summed E-state index contributed by atoms with van der Waals surface area (Å²) in [5.74, 6) is 0. The third kappa shape index (κ3) is 6.60. The van der Waals surface area contributed by atoms with Gasteiger partial charge in [0.1, 0.15) is 0 Å². The quantitative estimate of drug-likeness (QED) is 0.703. The number of nitrogens with one attached hydrogen (secondary N) is 1. The van der Waals surface area contributed by atoms with E-state index in [1.807, 2.05) is 24.3 Å². The molecule has 0 unspecified atom stereocenters. The summed E-state index contributed by atoms with van der Waals surface area (Å²) in [5, 5.41) is 5.33. The predicted octanol–water partition coefficient (Wildman–Crippen LogP) is 3.94. The molecule has 0 bridgehead atoms. The van der Waals surface area contributed by atoms with Crippen molar-refractivity contribution in [2.75, 3.05) is 50.7 Å². The van der Waals surface area contributed by atoms with Gasteiger partial charge in [0.05, 0.1) is 13.1 Å². The molecule has 7 heteroatoms. The van der Waals surface area contributed by atoms with Gasteiger partial charge in [0, 0.05) is 36.9 Å². The van der Waals surface area contributed by atoms with E-state index in [1.54, 1.807) is 5.06 Å². The molecule has 2 aromatic carbocycles. The van der Waals surface area contributed by atoms with Crippen LogP contribution in [0.3, 0.4) is 0 Å². The highest BCUT2D eigenvalue weighted by Crippen LogP contribution is 2.19. The van der Waals surface area contributed by atoms with Crippen LogP contribution in [0.25, 0.3) is 0 Å². The Morgan fingerprint density at radius 3 is 2.19 bits per heavy atom. The highest BCUT2D eigenvalue weighted by atomic mass is 35.5. The molecule has 2 aliphatic heterocycles. The number of piperazine rings is 1. The summed E-state index contributed by atoms with van der Waals surface area (Å²) >= 11 is 5.96. The van der Waals surface area contributed by atoms with Crippen molar-refractivity contribution < 1.29 is 9.63 Å². The first-order valence-electron chi connectivity index (χ1n) is 11.2. The fourth-order valence-corrected chi connectivity index (χ4v) is 4.28. The van der Waals surface area contributed by atoms with Crippen molar-refractivity contribution >= 4 is 23.4 Å². The monoisotopic (exact) mass is 442 g/mol. The minimum Gasteiger partial charge on any atom is -0.369 e. The number of benzene rings is 2. The van der Waals surface area contributed by atoms with E-state index < -0.39 is 0 Å². The zero-order valence-corrected chi connectivity index (χ0v) is 18.7. The average Bonchev–Trinajstić information content (AvgIpc) is 3.29. The number of rotatable bonds is 7. The van der Waals surface area contributed by atoms with E-state index in [1.165, 1.54) is 37.1 Å². The topological polar surface area (TPSA) is 48.1 Å². The van der Waals surface area contributed by atoms with E-state index in [4.69, 9.17) is 16.4 Å². The predicted molar refractivity (Wildman–Crippen MR) is 124 cm³/mol.